The number of benzene rings is 3. The first-order valence-electron chi connectivity index (χ1n) is 23.0. The molecule has 2 unspecified atom stereocenters. The monoisotopic (exact) mass is 983 g/mol. The fourth-order valence-electron chi connectivity index (χ4n) is 10.5. The summed E-state index contributed by atoms with van der Waals surface area (Å²) in [5, 5.41) is -0.246. The van der Waals surface area contributed by atoms with Gasteiger partial charge >= 0.3 is 18.3 Å². The standard InChI is InChI=1S/C50H53F8N7O5/c1-29-38(50(56,57)58)35(20-37(39(29)52)62(23-30-8-12-33(67-5)13-9-30)24-31-10-14-34(68-6)15-11-31)41-40(53)42-36(22-59-41)43(61-44(60-42)69-28-47-16-7-19-64(47)25-32(51)21-47)63-26-48(54)17-18-49(55,27-63)65(48)45(66)70-46(2,3)4/h8-15,20,22,32H,7,16-19,21,23-28H2,1-6H3/t32-,47+,48?,49?/m1/s1. The van der Waals surface area contributed by atoms with Crippen molar-refractivity contribution in [2.75, 3.05) is 56.8 Å². The maximum atomic E-state index is 17.7. The number of amides is 1. The lowest BCUT2D eigenvalue weighted by Gasteiger charge is -2.47. The van der Waals surface area contributed by atoms with E-state index in [-0.39, 0.29) is 49.6 Å². The molecule has 4 atom stereocenters. The Morgan fingerprint density at radius 1 is 0.871 bits per heavy atom. The summed E-state index contributed by atoms with van der Waals surface area (Å²) in [6, 6.07) is 14.0. The third-order valence-electron chi connectivity index (χ3n) is 13.7. The normalized spacial score (nSPS) is 23.5. The summed E-state index contributed by atoms with van der Waals surface area (Å²) in [7, 11) is 2.98. The van der Waals surface area contributed by atoms with Crippen LogP contribution in [0.2, 0.25) is 0 Å². The van der Waals surface area contributed by atoms with Gasteiger partial charge in [0.1, 0.15) is 52.7 Å². The van der Waals surface area contributed by atoms with E-state index in [1.807, 2.05) is 4.90 Å². The van der Waals surface area contributed by atoms with Crippen molar-refractivity contribution in [2.45, 2.75) is 108 Å². The van der Waals surface area contributed by atoms with Gasteiger partial charge in [-0.1, -0.05) is 24.3 Å². The van der Waals surface area contributed by atoms with Crippen LogP contribution in [-0.4, -0.2) is 107 Å². The van der Waals surface area contributed by atoms with Gasteiger partial charge in [0.05, 0.1) is 49.5 Å². The van der Waals surface area contributed by atoms with Crippen LogP contribution in [0.15, 0.2) is 60.8 Å². The molecule has 5 aromatic rings. The van der Waals surface area contributed by atoms with Gasteiger partial charge in [0.15, 0.2) is 5.82 Å². The van der Waals surface area contributed by atoms with Crippen LogP contribution in [0.1, 0.15) is 75.1 Å². The summed E-state index contributed by atoms with van der Waals surface area (Å²) < 4.78 is 152. The van der Waals surface area contributed by atoms with Crippen molar-refractivity contribution >= 4 is 28.5 Å². The van der Waals surface area contributed by atoms with Gasteiger partial charge in [0.2, 0.25) is 11.6 Å². The second-order valence-corrected chi connectivity index (χ2v) is 19.7. The van der Waals surface area contributed by atoms with Crippen molar-refractivity contribution in [3.63, 3.8) is 0 Å². The zero-order chi connectivity index (χ0) is 50.1. The average Bonchev–Trinajstić information content (AvgIpc) is 3.88. The van der Waals surface area contributed by atoms with Gasteiger partial charge in [-0.15, -0.1) is 0 Å². The molecule has 0 aliphatic carbocycles. The summed E-state index contributed by atoms with van der Waals surface area (Å²) in [5.74, 6) is -7.08. The predicted molar refractivity (Wildman–Crippen MR) is 244 cm³/mol. The quantitative estimate of drug-likeness (QED) is 0.0881. The molecule has 4 fully saturated rings. The molecule has 4 aliphatic rings. The maximum absolute atomic E-state index is 17.7. The van der Waals surface area contributed by atoms with E-state index in [1.54, 1.807) is 69.3 Å². The molecular formula is C50H53F8N7O5. The minimum Gasteiger partial charge on any atom is -0.497 e. The Morgan fingerprint density at radius 2 is 1.47 bits per heavy atom. The molecule has 0 saturated carbocycles. The van der Waals surface area contributed by atoms with Crippen LogP contribution in [0.25, 0.3) is 22.2 Å². The molecular weight excluding hydrogens is 931 g/mol. The topological polar surface area (TPSA) is 106 Å². The van der Waals surface area contributed by atoms with E-state index in [0.29, 0.717) is 40.5 Å². The second-order valence-electron chi connectivity index (χ2n) is 19.7. The molecule has 2 bridgehead atoms. The summed E-state index contributed by atoms with van der Waals surface area (Å²) >= 11 is 0. The van der Waals surface area contributed by atoms with E-state index < -0.39 is 113 Å². The highest BCUT2D eigenvalue weighted by Gasteiger charge is 2.65. The lowest BCUT2D eigenvalue weighted by atomic mass is 9.95. The number of ether oxygens (including phenoxy) is 4. The van der Waals surface area contributed by atoms with Crippen LogP contribution >= 0.6 is 0 Å². The van der Waals surface area contributed by atoms with Crippen molar-refractivity contribution in [1.29, 1.82) is 0 Å². The lowest BCUT2D eigenvalue weighted by molar-refractivity contribution is -0.137. The number of hydrogen-bond acceptors (Lipinski definition) is 11. The summed E-state index contributed by atoms with van der Waals surface area (Å²) in [6.45, 7) is 4.87. The number of alkyl halides is 6. The number of carbonyl (C=O) groups excluding carboxylic acids is 1. The van der Waals surface area contributed by atoms with Crippen LogP contribution in [0, 0.1) is 18.6 Å². The molecule has 2 aromatic heterocycles. The fraction of sp³-hybridized carbons (Fsp3) is 0.480. The number of hydrogen-bond donors (Lipinski definition) is 0. The van der Waals surface area contributed by atoms with Crippen molar-refractivity contribution in [1.82, 2.24) is 24.8 Å². The number of anilines is 2. The molecule has 70 heavy (non-hydrogen) atoms. The Hall–Kier alpha value is -6.18. The molecule has 9 rings (SSSR count). The number of pyridine rings is 1. The Balaban J connectivity index is 1.18. The van der Waals surface area contributed by atoms with Crippen LogP contribution in [0.5, 0.6) is 17.5 Å². The zero-order valence-electron chi connectivity index (χ0n) is 39.5. The number of rotatable bonds is 12. The van der Waals surface area contributed by atoms with Gasteiger partial charge in [-0.05, 0) is 94.1 Å². The van der Waals surface area contributed by atoms with Gasteiger partial charge in [-0.2, -0.15) is 23.1 Å². The number of methoxy groups -OCH3 is 2. The third kappa shape index (κ3) is 9.07. The minimum absolute atomic E-state index is 0.0164. The third-order valence-corrected chi connectivity index (χ3v) is 13.7. The van der Waals surface area contributed by atoms with E-state index in [9.17, 15) is 9.18 Å². The van der Waals surface area contributed by atoms with Crippen LogP contribution in [-0.2, 0) is 24.0 Å². The first-order chi connectivity index (χ1) is 33.0. The molecule has 6 heterocycles. The Kier molecular flexibility index (Phi) is 12.5. The SMILES string of the molecule is COc1ccc(CN(Cc2ccc(OC)cc2)c2cc(-c3ncc4c(N5CC6(F)CCC(F)(C5)N6C(=O)OC(C)(C)C)nc(OC[C@@]56CCCN5C[C@H](F)C6)nc4c3F)c(C(F)(F)F)c(C)c2F)cc1. The first-order valence-corrected chi connectivity index (χ1v) is 23.0. The molecule has 0 radical (unpaired) electrons. The highest BCUT2D eigenvalue weighted by atomic mass is 19.4. The molecule has 4 aliphatic heterocycles. The number of fused-ring (bicyclic) bond motifs is 4. The lowest BCUT2D eigenvalue weighted by Crippen LogP contribution is -2.66. The van der Waals surface area contributed by atoms with E-state index in [2.05, 4.69) is 15.0 Å². The molecule has 0 N–H and O–H groups in total. The van der Waals surface area contributed by atoms with E-state index in [1.165, 1.54) is 19.1 Å². The summed E-state index contributed by atoms with van der Waals surface area (Å²) in [6.07, 6.45) is -5.99. The highest BCUT2D eigenvalue weighted by Crippen LogP contribution is 2.51. The van der Waals surface area contributed by atoms with Crippen LogP contribution in [0.3, 0.4) is 0 Å². The molecule has 4 saturated heterocycles. The molecule has 1 amide bonds. The number of halogens is 8. The minimum atomic E-state index is -5.23. The van der Waals surface area contributed by atoms with Crippen molar-refractivity contribution < 1.29 is 58.9 Å². The number of aromatic nitrogens is 3. The summed E-state index contributed by atoms with van der Waals surface area (Å²) in [4.78, 5) is 31.5. The van der Waals surface area contributed by atoms with E-state index in [0.717, 1.165) is 30.5 Å². The van der Waals surface area contributed by atoms with Gasteiger partial charge < -0.3 is 28.7 Å². The zero-order valence-corrected chi connectivity index (χ0v) is 39.5. The fourth-order valence-corrected chi connectivity index (χ4v) is 10.5. The Bertz CT molecular complexity index is 2730. The van der Waals surface area contributed by atoms with Crippen molar-refractivity contribution in [2.24, 2.45) is 0 Å². The first kappa shape index (κ1) is 48.8. The number of carbonyl (C=O) groups is 1. The van der Waals surface area contributed by atoms with Crippen molar-refractivity contribution in [3.05, 3.63) is 94.7 Å². The Labute approximate surface area is 399 Å². The largest absolute Gasteiger partial charge is 0.497 e. The van der Waals surface area contributed by atoms with Crippen LogP contribution in [0.4, 0.5) is 51.4 Å². The molecule has 12 nitrogen and oxygen atoms in total. The number of nitrogens with zero attached hydrogens (tertiary/aromatic N) is 7. The van der Waals surface area contributed by atoms with Crippen molar-refractivity contribution in [3.8, 4) is 28.8 Å². The maximum Gasteiger partial charge on any atom is 0.417 e. The molecule has 374 valence electrons. The molecule has 20 heteroatoms. The van der Waals surface area contributed by atoms with Gasteiger partial charge in [-0.25, -0.2) is 31.6 Å². The van der Waals surface area contributed by atoms with Gasteiger partial charge in [0.25, 0.3) is 0 Å². The predicted octanol–water partition coefficient (Wildman–Crippen LogP) is 10.7. The van der Waals surface area contributed by atoms with E-state index >= 15 is 30.7 Å². The smallest absolute Gasteiger partial charge is 0.417 e. The average molecular weight is 984 g/mol. The number of piperazine rings is 1. The Morgan fingerprint density at radius 3 is 2.03 bits per heavy atom. The van der Waals surface area contributed by atoms with Crippen LogP contribution < -0.4 is 24.0 Å². The van der Waals surface area contributed by atoms with Gasteiger partial charge in [-0.3, -0.25) is 9.88 Å². The molecule has 3 aromatic carbocycles. The summed E-state index contributed by atoms with van der Waals surface area (Å²) in [5.41, 5.74) is -5.46. The second kappa shape index (κ2) is 17.9. The molecule has 0 spiro atoms. The van der Waals surface area contributed by atoms with Gasteiger partial charge in [0, 0.05) is 50.7 Å². The van der Waals surface area contributed by atoms with E-state index in [4.69, 9.17) is 18.9 Å². The highest BCUT2D eigenvalue weighted by molar-refractivity contribution is 5.93.